The molecule has 4 aromatic rings. The van der Waals surface area contributed by atoms with E-state index >= 15 is 0 Å². The van der Waals surface area contributed by atoms with Crippen molar-refractivity contribution in [3.8, 4) is 22.4 Å². The number of aromatic nitrogens is 4. The van der Waals surface area contributed by atoms with Crippen molar-refractivity contribution >= 4 is 17.2 Å². The Hall–Kier alpha value is -3.54. The molecule has 26 heavy (non-hydrogen) atoms. The molecular formula is C20H15N5O. The molecule has 1 aromatic carbocycles. The van der Waals surface area contributed by atoms with Crippen molar-refractivity contribution in [1.82, 2.24) is 19.6 Å². The van der Waals surface area contributed by atoms with Gasteiger partial charge in [0.15, 0.2) is 11.4 Å². The average molecular weight is 341 g/mol. The first-order chi connectivity index (χ1) is 12.8. The molecule has 0 atom stereocenters. The van der Waals surface area contributed by atoms with E-state index in [1.54, 1.807) is 16.9 Å². The maximum absolute atomic E-state index is 12.0. The molecule has 1 aliphatic rings. The summed E-state index contributed by atoms with van der Waals surface area (Å²) in [6.07, 6.45) is 5.72. The van der Waals surface area contributed by atoms with Crippen LogP contribution in [0.4, 0.5) is 5.82 Å². The number of carbonyl (C=O) groups is 1. The molecule has 1 N–H and O–H groups in total. The summed E-state index contributed by atoms with van der Waals surface area (Å²) >= 11 is 0. The van der Waals surface area contributed by atoms with Crippen LogP contribution in [0.5, 0.6) is 0 Å². The summed E-state index contributed by atoms with van der Waals surface area (Å²) in [4.78, 5) is 21.1. The number of hydrogen-bond acceptors (Lipinski definition) is 5. The summed E-state index contributed by atoms with van der Waals surface area (Å²) in [6, 6.07) is 14.1. The number of hydrogen-bond donors (Lipinski definition) is 1. The number of carbonyl (C=O) groups excluding carboxylic acids is 1. The van der Waals surface area contributed by atoms with E-state index in [1.807, 2.05) is 48.7 Å². The SMILES string of the molecule is O=C1CCNc2c1cnc1c(-c3ccc(-c4ccccc4)nc3)cnn21. The minimum atomic E-state index is 0.0964. The van der Waals surface area contributed by atoms with E-state index < -0.39 is 0 Å². The number of fused-ring (bicyclic) bond motifs is 3. The van der Waals surface area contributed by atoms with E-state index in [4.69, 9.17) is 0 Å². The number of Topliss-reactive ketones (excluding diaryl/α,β-unsaturated/α-hetero) is 1. The first-order valence-corrected chi connectivity index (χ1v) is 8.47. The van der Waals surface area contributed by atoms with Crippen LogP contribution in [0.25, 0.3) is 28.0 Å². The molecule has 6 nitrogen and oxygen atoms in total. The molecule has 1 aliphatic heterocycles. The third-order valence-corrected chi connectivity index (χ3v) is 4.62. The van der Waals surface area contributed by atoms with Crippen molar-refractivity contribution in [3.05, 3.63) is 66.6 Å². The zero-order chi connectivity index (χ0) is 17.5. The van der Waals surface area contributed by atoms with Crippen LogP contribution in [0.15, 0.2) is 61.1 Å². The molecule has 4 heterocycles. The lowest BCUT2D eigenvalue weighted by Gasteiger charge is -2.17. The standard InChI is InChI=1S/C20H15N5O/c26-18-8-9-21-20-16(18)11-23-19-15(12-24-25(19)20)14-6-7-17(22-10-14)13-4-2-1-3-5-13/h1-7,10-12,21H,8-9H2. The van der Waals surface area contributed by atoms with Gasteiger partial charge in [0.25, 0.3) is 0 Å². The summed E-state index contributed by atoms with van der Waals surface area (Å²) < 4.78 is 1.70. The Morgan fingerprint density at radius 3 is 2.58 bits per heavy atom. The lowest BCUT2D eigenvalue weighted by molar-refractivity contribution is 0.0982. The second-order valence-electron chi connectivity index (χ2n) is 6.21. The molecule has 5 rings (SSSR count). The Labute approximate surface area is 149 Å². The molecule has 0 bridgehead atoms. The molecule has 0 saturated heterocycles. The number of ketones is 1. The maximum atomic E-state index is 12.0. The van der Waals surface area contributed by atoms with Crippen LogP contribution in [0.3, 0.4) is 0 Å². The van der Waals surface area contributed by atoms with Gasteiger partial charge in [0.1, 0.15) is 5.82 Å². The fourth-order valence-electron chi connectivity index (χ4n) is 3.27. The van der Waals surface area contributed by atoms with Crippen LogP contribution in [-0.2, 0) is 0 Å². The Morgan fingerprint density at radius 2 is 1.77 bits per heavy atom. The quantitative estimate of drug-likeness (QED) is 0.604. The zero-order valence-corrected chi connectivity index (χ0v) is 13.9. The van der Waals surface area contributed by atoms with Gasteiger partial charge in [0.2, 0.25) is 0 Å². The summed E-state index contributed by atoms with van der Waals surface area (Å²) in [5, 5.41) is 7.69. The third-order valence-electron chi connectivity index (χ3n) is 4.62. The lowest BCUT2D eigenvalue weighted by atomic mass is 10.1. The van der Waals surface area contributed by atoms with Gasteiger partial charge in [-0.05, 0) is 6.07 Å². The largest absolute Gasteiger partial charge is 0.369 e. The highest BCUT2D eigenvalue weighted by atomic mass is 16.1. The van der Waals surface area contributed by atoms with Gasteiger partial charge in [-0.1, -0.05) is 36.4 Å². The lowest BCUT2D eigenvalue weighted by Crippen LogP contribution is -2.21. The highest BCUT2D eigenvalue weighted by molar-refractivity contribution is 6.02. The Bertz CT molecular complexity index is 1120. The highest BCUT2D eigenvalue weighted by Gasteiger charge is 2.22. The Kier molecular flexibility index (Phi) is 3.28. The molecule has 126 valence electrons. The van der Waals surface area contributed by atoms with Gasteiger partial charge < -0.3 is 5.32 Å². The van der Waals surface area contributed by atoms with Crippen LogP contribution < -0.4 is 5.32 Å². The molecule has 0 spiro atoms. The number of pyridine rings is 1. The summed E-state index contributed by atoms with van der Waals surface area (Å²) in [7, 11) is 0. The van der Waals surface area contributed by atoms with Crippen LogP contribution in [0.1, 0.15) is 16.8 Å². The average Bonchev–Trinajstić information content (AvgIpc) is 3.14. The van der Waals surface area contributed by atoms with Crippen molar-refractivity contribution < 1.29 is 4.79 Å². The molecule has 6 heteroatoms. The van der Waals surface area contributed by atoms with Crippen LogP contribution in [-0.4, -0.2) is 31.9 Å². The van der Waals surface area contributed by atoms with E-state index in [1.165, 1.54) is 0 Å². The van der Waals surface area contributed by atoms with Crippen molar-refractivity contribution in [3.63, 3.8) is 0 Å². The van der Waals surface area contributed by atoms with Gasteiger partial charge in [0, 0.05) is 42.0 Å². The second-order valence-corrected chi connectivity index (χ2v) is 6.21. The number of anilines is 1. The Morgan fingerprint density at radius 1 is 0.885 bits per heavy atom. The first-order valence-electron chi connectivity index (χ1n) is 8.47. The minimum absolute atomic E-state index is 0.0964. The Balaban J connectivity index is 1.58. The van der Waals surface area contributed by atoms with Gasteiger partial charge in [-0.25, -0.2) is 4.98 Å². The number of nitrogens with one attached hydrogen (secondary N) is 1. The summed E-state index contributed by atoms with van der Waals surface area (Å²) in [5.74, 6) is 0.811. The maximum Gasteiger partial charge on any atom is 0.169 e. The number of rotatable bonds is 2. The van der Waals surface area contributed by atoms with Crippen molar-refractivity contribution in [1.29, 1.82) is 0 Å². The van der Waals surface area contributed by atoms with E-state index in [0.29, 0.717) is 30.0 Å². The fraction of sp³-hybridized carbons (Fsp3) is 0.100. The van der Waals surface area contributed by atoms with Crippen molar-refractivity contribution in [2.24, 2.45) is 0 Å². The molecule has 0 unspecified atom stereocenters. The number of nitrogens with zero attached hydrogens (tertiary/aromatic N) is 4. The van der Waals surface area contributed by atoms with Gasteiger partial charge >= 0.3 is 0 Å². The molecule has 0 radical (unpaired) electrons. The van der Waals surface area contributed by atoms with Crippen LogP contribution in [0, 0.1) is 0 Å². The molecule has 0 fully saturated rings. The van der Waals surface area contributed by atoms with E-state index in [0.717, 1.165) is 22.4 Å². The highest BCUT2D eigenvalue weighted by Crippen LogP contribution is 2.29. The van der Waals surface area contributed by atoms with Crippen LogP contribution >= 0.6 is 0 Å². The molecular weight excluding hydrogens is 326 g/mol. The van der Waals surface area contributed by atoms with E-state index in [2.05, 4.69) is 20.4 Å². The molecule has 0 aliphatic carbocycles. The smallest absolute Gasteiger partial charge is 0.169 e. The predicted octanol–water partition coefficient (Wildman–Crippen LogP) is 3.46. The van der Waals surface area contributed by atoms with Crippen LogP contribution in [0.2, 0.25) is 0 Å². The van der Waals surface area contributed by atoms with Crippen molar-refractivity contribution in [2.75, 3.05) is 11.9 Å². The monoisotopic (exact) mass is 341 g/mol. The molecule has 0 amide bonds. The predicted molar refractivity (Wildman–Crippen MR) is 99.1 cm³/mol. The molecule has 3 aromatic heterocycles. The van der Waals surface area contributed by atoms with Gasteiger partial charge in [-0.15, -0.1) is 0 Å². The first kappa shape index (κ1) is 14.8. The number of benzene rings is 1. The van der Waals surface area contributed by atoms with Gasteiger partial charge in [-0.2, -0.15) is 9.61 Å². The summed E-state index contributed by atoms with van der Waals surface area (Å²) in [5.41, 5.74) is 5.13. The zero-order valence-electron chi connectivity index (χ0n) is 13.9. The normalized spacial score (nSPS) is 13.5. The fourth-order valence-corrected chi connectivity index (χ4v) is 3.27. The van der Waals surface area contributed by atoms with E-state index in [-0.39, 0.29) is 5.78 Å². The minimum Gasteiger partial charge on any atom is -0.369 e. The molecule has 0 saturated carbocycles. The van der Waals surface area contributed by atoms with Gasteiger partial charge in [0.05, 0.1) is 17.5 Å². The van der Waals surface area contributed by atoms with E-state index in [9.17, 15) is 4.79 Å². The second kappa shape index (κ2) is 5.77. The topological polar surface area (TPSA) is 72.2 Å². The van der Waals surface area contributed by atoms with Crippen molar-refractivity contribution in [2.45, 2.75) is 6.42 Å². The van der Waals surface area contributed by atoms with Gasteiger partial charge in [-0.3, -0.25) is 9.78 Å². The third kappa shape index (κ3) is 2.27. The summed E-state index contributed by atoms with van der Waals surface area (Å²) in [6.45, 7) is 0.619.